The Morgan fingerprint density at radius 2 is 1.85 bits per heavy atom. The van der Waals surface area contributed by atoms with Gasteiger partial charge in [-0.1, -0.05) is 30.0 Å². The predicted octanol–water partition coefficient (Wildman–Crippen LogP) is 6.89. The van der Waals surface area contributed by atoms with Gasteiger partial charge in [-0.15, -0.1) is 0 Å². The van der Waals surface area contributed by atoms with E-state index in [2.05, 4.69) is 15.9 Å². The lowest BCUT2D eigenvalue weighted by atomic mass is 9.49. The highest BCUT2D eigenvalue weighted by atomic mass is 79.9. The van der Waals surface area contributed by atoms with Gasteiger partial charge in [-0.3, -0.25) is 24.6 Å². The molecule has 0 spiro atoms. The van der Waals surface area contributed by atoms with Gasteiger partial charge in [0.05, 0.1) is 32.5 Å². The lowest BCUT2D eigenvalue weighted by Crippen LogP contribution is -2.51. The summed E-state index contributed by atoms with van der Waals surface area (Å²) in [6.45, 7) is 0. The summed E-state index contributed by atoms with van der Waals surface area (Å²) in [4.78, 5) is 39.1. The number of non-ortho nitro benzene ring substituents is 1. The molecule has 7 rings (SSSR count). The maximum atomic E-state index is 13.5. The number of thiocarbonyl (C=S) groups is 1. The van der Waals surface area contributed by atoms with E-state index < -0.39 is 10.3 Å². The molecule has 0 unspecified atom stereocenters. The number of nitro benzene ring substituents is 1. The van der Waals surface area contributed by atoms with Crippen LogP contribution in [0, 0.1) is 33.3 Å². The molecule has 1 saturated heterocycles. The fraction of sp³-hybridized carbons (Fsp3) is 0.393. The molecule has 0 aromatic heterocycles. The van der Waals surface area contributed by atoms with Crippen molar-refractivity contribution in [2.24, 2.45) is 23.2 Å². The zero-order chi connectivity index (χ0) is 27.5. The highest BCUT2D eigenvalue weighted by molar-refractivity contribution is 9.10. The molecule has 2 aromatic carbocycles. The van der Waals surface area contributed by atoms with Crippen molar-refractivity contribution in [3.8, 4) is 11.5 Å². The minimum absolute atomic E-state index is 0.127. The van der Waals surface area contributed by atoms with Gasteiger partial charge in [0.2, 0.25) is 0 Å². The largest absolute Gasteiger partial charge is 0.493 e. The molecular weight excluding hydrogens is 604 g/mol. The fourth-order valence-corrected chi connectivity index (χ4v) is 8.91. The van der Waals surface area contributed by atoms with Gasteiger partial charge in [-0.25, -0.2) is 0 Å². The second-order valence-corrected chi connectivity index (χ2v) is 13.4. The van der Waals surface area contributed by atoms with Gasteiger partial charge < -0.3 is 9.47 Å². The average Bonchev–Trinajstić information content (AvgIpc) is 3.16. The molecule has 0 N–H and O–H groups in total. The summed E-state index contributed by atoms with van der Waals surface area (Å²) in [5.74, 6) is 2.03. The number of ether oxygens (including phenoxy) is 2. The topological polar surface area (TPSA) is 99.0 Å². The summed E-state index contributed by atoms with van der Waals surface area (Å²) >= 11 is 10.1. The number of thioether (sulfide) groups is 1. The van der Waals surface area contributed by atoms with E-state index in [1.54, 1.807) is 24.3 Å². The molecule has 0 atom stereocenters. The van der Waals surface area contributed by atoms with Crippen molar-refractivity contribution in [2.75, 3.05) is 12.0 Å². The molecule has 5 aliphatic rings. The number of nitrogens with zero attached hydrogens (tertiary/aromatic N) is 2. The highest BCUT2D eigenvalue weighted by Crippen LogP contribution is 2.60. The van der Waals surface area contributed by atoms with Crippen LogP contribution >= 0.6 is 39.9 Å². The van der Waals surface area contributed by atoms with Crippen LogP contribution in [-0.2, 0) is 9.59 Å². The number of halogens is 1. The van der Waals surface area contributed by atoms with Crippen molar-refractivity contribution in [3.63, 3.8) is 0 Å². The number of hydrogen-bond acceptors (Lipinski definition) is 8. The van der Waals surface area contributed by atoms with E-state index >= 15 is 0 Å². The maximum absolute atomic E-state index is 13.5. The second-order valence-electron chi connectivity index (χ2n) is 10.9. The third kappa shape index (κ3) is 4.78. The zero-order valence-electron chi connectivity index (χ0n) is 21.1. The molecule has 11 heteroatoms. The van der Waals surface area contributed by atoms with Gasteiger partial charge in [-0.2, -0.15) is 0 Å². The lowest BCUT2D eigenvalue weighted by Gasteiger charge is -2.55. The number of carbonyl (C=O) groups is 2. The molecule has 4 saturated carbocycles. The summed E-state index contributed by atoms with van der Waals surface area (Å²) in [6, 6.07) is 9.28. The molecule has 4 aliphatic carbocycles. The van der Waals surface area contributed by atoms with Crippen LogP contribution in [0.5, 0.6) is 11.5 Å². The van der Waals surface area contributed by atoms with Gasteiger partial charge in [0.1, 0.15) is 0 Å². The van der Waals surface area contributed by atoms with Crippen molar-refractivity contribution in [2.45, 2.75) is 38.5 Å². The van der Waals surface area contributed by atoms with Crippen molar-refractivity contribution in [1.82, 2.24) is 0 Å². The first-order chi connectivity index (χ1) is 18.7. The van der Waals surface area contributed by atoms with Crippen molar-refractivity contribution in [3.05, 3.63) is 61.5 Å². The molecule has 39 heavy (non-hydrogen) atoms. The van der Waals surface area contributed by atoms with Crippen molar-refractivity contribution in [1.29, 1.82) is 0 Å². The fourth-order valence-electron chi connectivity index (χ4n) is 7.07. The first-order valence-electron chi connectivity index (χ1n) is 12.8. The third-order valence-electron chi connectivity index (χ3n) is 8.31. The Bertz CT molecular complexity index is 1420. The van der Waals surface area contributed by atoms with Crippen LogP contribution in [-0.4, -0.2) is 28.2 Å². The van der Waals surface area contributed by atoms with E-state index in [-0.39, 0.29) is 21.9 Å². The molecule has 5 fully saturated rings. The third-order valence-corrected chi connectivity index (χ3v) is 10.2. The molecule has 1 heterocycles. The SMILES string of the molecule is COc1cc(C=C2SC(=S)N(c3cccc([N+](=O)[O-])c3)C2=O)cc(Br)c1OC(=O)C12CC3CC(CC(C3)C1)C2. The van der Waals surface area contributed by atoms with Gasteiger partial charge in [0.25, 0.3) is 11.6 Å². The summed E-state index contributed by atoms with van der Waals surface area (Å²) < 4.78 is 12.4. The first kappa shape index (κ1) is 26.5. The van der Waals surface area contributed by atoms with Gasteiger partial charge in [0, 0.05) is 12.1 Å². The van der Waals surface area contributed by atoms with Crippen molar-refractivity contribution < 1.29 is 24.0 Å². The molecule has 1 aliphatic heterocycles. The van der Waals surface area contributed by atoms with Crippen LogP contribution in [0.15, 0.2) is 45.8 Å². The Balaban J connectivity index is 1.25. The minimum Gasteiger partial charge on any atom is -0.493 e. The van der Waals surface area contributed by atoms with Gasteiger partial charge in [0.15, 0.2) is 15.8 Å². The van der Waals surface area contributed by atoms with E-state index in [4.69, 9.17) is 21.7 Å². The van der Waals surface area contributed by atoms with E-state index in [9.17, 15) is 19.7 Å². The Labute approximate surface area is 243 Å². The number of anilines is 1. The van der Waals surface area contributed by atoms with E-state index in [1.807, 2.05) is 0 Å². The Kier molecular flexibility index (Phi) is 6.79. The molecular formula is C28H25BrN2O6S2. The summed E-state index contributed by atoms with van der Waals surface area (Å²) in [7, 11) is 1.51. The number of rotatable bonds is 6. The number of esters is 1. The van der Waals surface area contributed by atoms with Crippen molar-refractivity contribution >= 4 is 73.6 Å². The number of carbonyl (C=O) groups excluding carboxylic acids is 2. The number of benzene rings is 2. The maximum Gasteiger partial charge on any atom is 0.317 e. The van der Waals surface area contributed by atoms with Crippen LogP contribution in [0.2, 0.25) is 0 Å². The smallest absolute Gasteiger partial charge is 0.317 e. The van der Waals surface area contributed by atoms with E-state index in [0.29, 0.717) is 49.9 Å². The number of amides is 1. The molecule has 0 radical (unpaired) electrons. The zero-order valence-corrected chi connectivity index (χ0v) is 24.3. The summed E-state index contributed by atoms with van der Waals surface area (Å²) in [6.07, 6.45) is 8.10. The Hall–Kier alpha value is -2.76. The lowest BCUT2D eigenvalue weighted by molar-refractivity contribution is -0.384. The number of hydrogen-bond donors (Lipinski definition) is 0. The van der Waals surface area contributed by atoms with Crippen LogP contribution in [0.3, 0.4) is 0 Å². The Morgan fingerprint density at radius 3 is 2.46 bits per heavy atom. The van der Waals surface area contributed by atoms with Crippen LogP contribution in [0.4, 0.5) is 11.4 Å². The average molecular weight is 630 g/mol. The highest BCUT2D eigenvalue weighted by Gasteiger charge is 2.55. The number of nitro groups is 1. The van der Waals surface area contributed by atoms with E-state index in [0.717, 1.165) is 31.0 Å². The van der Waals surface area contributed by atoms with Crippen LogP contribution in [0.25, 0.3) is 6.08 Å². The molecule has 4 bridgehead atoms. The molecule has 2 aromatic rings. The summed E-state index contributed by atoms with van der Waals surface area (Å²) in [5, 5.41) is 11.2. The first-order valence-corrected chi connectivity index (χ1v) is 14.8. The predicted molar refractivity (Wildman–Crippen MR) is 156 cm³/mol. The minimum atomic E-state index is -0.516. The molecule has 202 valence electrons. The van der Waals surface area contributed by atoms with Crippen LogP contribution < -0.4 is 14.4 Å². The standard InChI is InChI=1S/C28H25BrN2O6S2/c1-36-22-9-15(10-23-25(32)30(27(38)39-23)19-3-2-4-20(11-19)31(34)35)8-21(29)24(22)37-26(33)28-12-16-5-17(13-28)7-18(6-16)14-28/h2-4,8-11,16-18H,5-7,12-14H2,1H3. The van der Waals surface area contributed by atoms with Gasteiger partial charge >= 0.3 is 5.97 Å². The Morgan fingerprint density at radius 1 is 1.18 bits per heavy atom. The quantitative estimate of drug-likeness (QED) is 0.0851. The molecule has 1 amide bonds. The van der Waals surface area contributed by atoms with Crippen LogP contribution in [0.1, 0.15) is 44.1 Å². The normalized spacial score (nSPS) is 28.3. The van der Waals surface area contributed by atoms with Gasteiger partial charge in [-0.05, 0) is 102 Å². The number of methoxy groups -OCH3 is 1. The monoisotopic (exact) mass is 628 g/mol. The summed E-state index contributed by atoms with van der Waals surface area (Å²) in [5.41, 5.74) is 0.449. The molecule has 8 nitrogen and oxygen atoms in total. The second kappa shape index (κ2) is 10.0. The van der Waals surface area contributed by atoms with E-state index in [1.165, 1.54) is 49.5 Å².